The quantitative estimate of drug-likeness (QED) is 0.632. The first-order valence-electron chi connectivity index (χ1n) is 10.1. The molecule has 3 aromatic rings. The molecule has 0 spiro atoms. The average Bonchev–Trinajstić information content (AvgIpc) is 2.82. The number of ether oxygens (including phenoxy) is 2. The summed E-state index contributed by atoms with van der Waals surface area (Å²) in [7, 11) is 0. The van der Waals surface area contributed by atoms with Crippen LogP contribution >= 0.6 is 0 Å². The third kappa shape index (κ3) is 5.39. The molecule has 1 aromatic heterocycles. The van der Waals surface area contributed by atoms with Crippen LogP contribution in [0.3, 0.4) is 0 Å². The van der Waals surface area contributed by atoms with Gasteiger partial charge in [-0.25, -0.2) is 0 Å². The summed E-state index contributed by atoms with van der Waals surface area (Å²) in [6, 6.07) is 18.4. The Kier molecular flexibility index (Phi) is 6.42. The normalized spacial score (nSPS) is 12.5. The number of nitrogens with zero attached hydrogens (tertiary/aromatic N) is 2. The topological polar surface area (TPSA) is 80.8 Å². The molecule has 1 N–H and O–H groups in total. The number of aromatic nitrogens is 1. The zero-order valence-corrected chi connectivity index (χ0v) is 17.0. The van der Waals surface area contributed by atoms with E-state index < -0.39 is 0 Å². The standard InChI is InChI=1S/C24H23N3O4/c28-23(10-11-24(29)27-13-14-30-22-9-2-1-8-21(22)27)26-19-6-3-7-20(15-19)31-17-18-5-4-12-25-16-18/h1-9,12,15-16H,10-11,13-14,17H2,(H,26,28). The first-order valence-corrected chi connectivity index (χ1v) is 10.1. The number of para-hydroxylation sites is 2. The van der Waals surface area contributed by atoms with Crippen molar-refractivity contribution in [1.82, 2.24) is 4.98 Å². The van der Waals surface area contributed by atoms with E-state index >= 15 is 0 Å². The molecule has 0 saturated heterocycles. The molecule has 7 nitrogen and oxygen atoms in total. The molecule has 31 heavy (non-hydrogen) atoms. The number of carbonyl (C=O) groups is 2. The molecule has 7 heteroatoms. The lowest BCUT2D eigenvalue weighted by Gasteiger charge is -2.29. The maximum absolute atomic E-state index is 12.7. The minimum atomic E-state index is -0.223. The van der Waals surface area contributed by atoms with Crippen LogP contribution in [-0.2, 0) is 16.2 Å². The van der Waals surface area contributed by atoms with E-state index in [1.165, 1.54) is 0 Å². The van der Waals surface area contributed by atoms with Crippen molar-refractivity contribution in [3.05, 3.63) is 78.6 Å². The molecule has 158 valence electrons. The number of anilines is 2. The summed E-state index contributed by atoms with van der Waals surface area (Å²) in [4.78, 5) is 30.8. The fraction of sp³-hybridized carbons (Fsp3) is 0.208. The van der Waals surface area contributed by atoms with Crippen LogP contribution in [0.5, 0.6) is 11.5 Å². The number of rotatable bonds is 7. The van der Waals surface area contributed by atoms with E-state index in [9.17, 15) is 9.59 Å². The second kappa shape index (κ2) is 9.75. The lowest BCUT2D eigenvalue weighted by molar-refractivity contribution is -0.122. The van der Waals surface area contributed by atoms with Gasteiger partial charge in [0.2, 0.25) is 11.8 Å². The fourth-order valence-corrected chi connectivity index (χ4v) is 3.32. The predicted molar refractivity (Wildman–Crippen MR) is 117 cm³/mol. The second-order valence-electron chi connectivity index (χ2n) is 7.09. The Balaban J connectivity index is 1.29. The van der Waals surface area contributed by atoms with Crippen molar-refractivity contribution < 1.29 is 19.1 Å². The van der Waals surface area contributed by atoms with Gasteiger partial charge >= 0.3 is 0 Å². The number of hydrogen-bond donors (Lipinski definition) is 1. The summed E-state index contributed by atoms with van der Waals surface area (Å²) >= 11 is 0. The van der Waals surface area contributed by atoms with Crippen LogP contribution in [0.4, 0.5) is 11.4 Å². The predicted octanol–water partition coefficient (Wildman–Crippen LogP) is 3.80. The third-order valence-electron chi connectivity index (χ3n) is 4.84. The molecule has 2 aromatic carbocycles. The molecule has 0 bridgehead atoms. The summed E-state index contributed by atoms with van der Waals surface area (Å²) in [6.07, 6.45) is 3.67. The number of nitrogens with one attached hydrogen (secondary N) is 1. The van der Waals surface area contributed by atoms with E-state index in [2.05, 4.69) is 10.3 Å². The maximum Gasteiger partial charge on any atom is 0.227 e. The molecule has 0 fully saturated rings. The van der Waals surface area contributed by atoms with Gasteiger partial charge in [-0.15, -0.1) is 0 Å². The highest BCUT2D eigenvalue weighted by molar-refractivity contribution is 5.99. The lowest BCUT2D eigenvalue weighted by atomic mass is 10.2. The Morgan fingerprint density at radius 2 is 1.97 bits per heavy atom. The van der Waals surface area contributed by atoms with Crippen LogP contribution < -0.4 is 19.7 Å². The molecule has 0 radical (unpaired) electrons. The Hall–Kier alpha value is -3.87. The number of pyridine rings is 1. The maximum atomic E-state index is 12.7. The van der Waals surface area contributed by atoms with Crippen molar-refractivity contribution in [2.75, 3.05) is 23.4 Å². The molecular formula is C24H23N3O4. The van der Waals surface area contributed by atoms with E-state index in [0.29, 0.717) is 36.9 Å². The van der Waals surface area contributed by atoms with E-state index in [1.54, 1.807) is 29.4 Å². The summed E-state index contributed by atoms with van der Waals surface area (Å²) in [5, 5.41) is 2.83. The van der Waals surface area contributed by atoms with Gasteiger partial charge < -0.3 is 19.7 Å². The van der Waals surface area contributed by atoms with E-state index in [-0.39, 0.29) is 24.7 Å². The second-order valence-corrected chi connectivity index (χ2v) is 7.09. The van der Waals surface area contributed by atoms with Crippen molar-refractivity contribution in [1.29, 1.82) is 0 Å². The molecular weight excluding hydrogens is 394 g/mol. The van der Waals surface area contributed by atoms with Gasteiger partial charge in [0.05, 0.1) is 12.2 Å². The third-order valence-corrected chi connectivity index (χ3v) is 4.84. The first kappa shape index (κ1) is 20.4. The zero-order chi connectivity index (χ0) is 21.5. The van der Waals surface area contributed by atoms with Gasteiger partial charge in [-0.2, -0.15) is 0 Å². The number of benzene rings is 2. The average molecular weight is 417 g/mol. The summed E-state index contributed by atoms with van der Waals surface area (Å²) in [6.45, 7) is 1.31. The van der Waals surface area contributed by atoms with E-state index in [0.717, 1.165) is 11.3 Å². The summed E-state index contributed by atoms with van der Waals surface area (Å²) in [5.74, 6) is 1.01. The van der Waals surface area contributed by atoms with Crippen molar-refractivity contribution in [2.24, 2.45) is 0 Å². The van der Waals surface area contributed by atoms with E-state index in [1.807, 2.05) is 48.5 Å². The first-order chi connectivity index (χ1) is 15.2. The van der Waals surface area contributed by atoms with Crippen LogP contribution in [0.1, 0.15) is 18.4 Å². The zero-order valence-electron chi connectivity index (χ0n) is 17.0. The van der Waals surface area contributed by atoms with Gasteiger partial charge in [0.15, 0.2) is 0 Å². The van der Waals surface area contributed by atoms with Crippen molar-refractivity contribution in [3.8, 4) is 11.5 Å². The minimum Gasteiger partial charge on any atom is -0.490 e. The minimum absolute atomic E-state index is 0.0964. The highest BCUT2D eigenvalue weighted by Gasteiger charge is 2.23. The van der Waals surface area contributed by atoms with Crippen molar-refractivity contribution >= 4 is 23.2 Å². The van der Waals surface area contributed by atoms with Crippen LogP contribution in [0.25, 0.3) is 0 Å². The Morgan fingerprint density at radius 3 is 2.84 bits per heavy atom. The van der Waals surface area contributed by atoms with Gasteiger partial charge in [-0.1, -0.05) is 24.3 Å². The lowest BCUT2D eigenvalue weighted by Crippen LogP contribution is -2.38. The van der Waals surface area contributed by atoms with Crippen molar-refractivity contribution in [3.63, 3.8) is 0 Å². The highest BCUT2D eigenvalue weighted by atomic mass is 16.5. The fourth-order valence-electron chi connectivity index (χ4n) is 3.32. The van der Waals surface area contributed by atoms with Crippen LogP contribution in [0.2, 0.25) is 0 Å². The molecule has 0 atom stereocenters. The molecule has 1 aliphatic rings. The highest BCUT2D eigenvalue weighted by Crippen LogP contribution is 2.31. The smallest absolute Gasteiger partial charge is 0.227 e. The molecule has 0 unspecified atom stereocenters. The Bertz CT molecular complexity index is 1060. The Labute approximate surface area is 180 Å². The Morgan fingerprint density at radius 1 is 1.06 bits per heavy atom. The molecule has 4 rings (SSSR count). The van der Waals surface area contributed by atoms with Gasteiger partial charge in [-0.05, 0) is 30.3 Å². The van der Waals surface area contributed by atoms with Gasteiger partial charge in [0.25, 0.3) is 0 Å². The van der Waals surface area contributed by atoms with Gasteiger partial charge in [-0.3, -0.25) is 14.6 Å². The number of carbonyl (C=O) groups excluding carboxylic acids is 2. The number of hydrogen-bond acceptors (Lipinski definition) is 5. The molecule has 0 saturated carbocycles. The SMILES string of the molecule is O=C(CCC(=O)N1CCOc2ccccc21)Nc1cccc(OCc2cccnc2)c1. The summed E-state index contributed by atoms with van der Waals surface area (Å²) in [5.41, 5.74) is 2.33. The number of amides is 2. The van der Waals surface area contributed by atoms with Crippen LogP contribution in [0.15, 0.2) is 73.1 Å². The van der Waals surface area contributed by atoms with Gasteiger partial charge in [0.1, 0.15) is 24.7 Å². The summed E-state index contributed by atoms with van der Waals surface area (Å²) < 4.78 is 11.3. The van der Waals surface area contributed by atoms with Crippen molar-refractivity contribution in [2.45, 2.75) is 19.4 Å². The molecule has 1 aliphatic heterocycles. The van der Waals surface area contributed by atoms with Crippen LogP contribution in [-0.4, -0.2) is 29.9 Å². The van der Waals surface area contributed by atoms with Crippen LogP contribution in [0, 0.1) is 0 Å². The molecule has 0 aliphatic carbocycles. The monoisotopic (exact) mass is 417 g/mol. The van der Waals surface area contributed by atoms with E-state index in [4.69, 9.17) is 9.47 Å². The number of fused-ring (bicyclic) bond motifs is 1. The van der Waals surface area contributed by atoms with Gasteiger partial charge in [0, 0.05) is 42.6 Å². The largest absolute Gasteiger partial charge is 0.490 e. The molecule has 2 heterocycles. The molecule has 2 amide bonds.